The van der Waals surface area contributed by atoms with Gasteiger partial charge in [-0.05, 0) is 38.5 Å². The molecule has 1 fully saturated rings. The van der Waals surface area contributed by atoms with Crippen molar-refractivity contribution in [3.8, 4) is 16.9 Å². The summed E-state index contributed by atoms with van der Waals surface area (Å²) in [6.07, 6.45) is -0.361. The number of ether oxygens (including phenoxy) is 2. The molecule has 0 N–H and O–H groups in total. The Kier molecular flexibility index (Phi) is 4.95. The third-order valence-corrected chi connectivity index (χ3v) is 4.49. The van der Waals surface area contributed by atoms with Gasteiger partial charge in [0.2, 0.25) is 10.9 Å². The number of hydrogen-bond acceptors (Lipinski definition) is 6. The van der Waals surface area contributed by atoms with Gasteiger partial charge in [0.15, 0.2) is 0 Å². The maximum atomic E-state index is 12.2. The Morgan fingerprint density at radius 2 is 1.70 bits per heavy atom. The Hall–Kier alpha value is -2.83. The van der Waals surface area contributed by atoms with E-state index in [0.717, 1.165) is 0 Å². The van der Waals surface area contributed by atoms with Crippen LogP contribution in [0.5, 0.6) is 5.75 Å². The monoisotopic (exact) mass is 372 g/mol. The van der Waals surface area contributed by atoms with Gasteiger partial charge in [-0.25, -0.2) is 4.79 Å². The fourth-order valence-corrected chi connectivity index (χ4v) is 3.17. The SMILES string of the molecule is COc1cccc(-c2c(N3CCN(C(=O)OC(C)(C)C)CC3)c(=O)c2=O)c1. The van der Waals surface area contributed by atoms with Gasteiger partial charge >= 0.3 is 6.09 Å². The predicted molar refractivity (Wildman–Crippen MR) is 103 cm³/mol. The van der Waals surface area contributed by atoms with Crippen LogP contribution in [0.15, 0.2) is 33.9 Å². The van der Waals surface area contributed by atoms with Gasteiger partial charge in [-0.3, -0.25) is 9.59 Å². The molecular formula is C20H24N2O5. The smallest absolute Gasteiger partial charge is 0.410 e. The fraction of sp³-hybridized carbons (Fsp3) is 0.450. The third kappa shape index (κ3) is 3.82. The summed E-state index contributed by atoms with van der Waals surface area (Å²) in [7, 11) is 1.55. The van der Waals surface area contributed by atoms with Crippen LogP contribution < -0.4 is 20.5 Å². The van der Waals surface area contributed by atoms with Gasteiger partial charge in [-0.15, -0.1) is 0 Å². The van der Waals surface area contributed by atoms with E-state index in [1.165, 1.54) is 0 Å². The van der Waals surface area contributed by atoms with Crippen molar-refractivity contribution in [3.05, 3.63) is 44.7 Å². The molecule has 3 rings (SSSR count). The Morgan fingerprint density at radius 3 is 2.30 bits per heavy atom. The molecule has 7 heteroatoms. The van der Waals surface area contributed by atoms with E-state index in [4.69, 9.17) is 9.47 Å². The number of carbonyl (C=O) groups excluding carboxylic acids is 1. The highest BCUT2D eigenvalue weighted by Gasteiger charge is 2.31. The first-order chi connectivity index (χ1) is 12.7. The second-order valence-corrected chi connectivity index (χ2v) is 7.57. The number of benzene rings is 1. The van der Waals surface area contributed by atoms with E-state index in [9.17, 15) is 14.4 Å². The molecule has 2 aromatic carbocycles. The van der Waals surface area contributed by atoms with E-state index in [0.29, 0.717) is 48.7 Å². The van der Waals surface area contributed by atoms with Gasteiger partial charge in [0.1, 0.15) is 17.0 Å². The molecule has 1 heterocycles. The van der Waals surface area contributed by atoms with Crippen LogP contribution in [0.25, 0.3) is 11.1 Å². The quantitative estimate of drug-likeness (QED) is 0.768. The molecule has 0 bridgehead atoms. The number of carbonyl (C=O) groups is 1. The summed E-state index contributed by atoms with van der Waals surface area (Å²) >= 11 is 0. The minimum atomic E-state index is -0.549. The van der Waals surface area contributed by atoms with Crippen molar-refractivity contribution >= 4 is 11.8 Å². The van der Waals surface area contributed by atoms with Crippen LogP contribution >= 0.6 is 0 Å². The summed E-state index contributed by atoms with van der Waals surface area (Å²) in [5, 5.41) is 0. The number of methoxy groups -OCH3 is 1. The summed E-state index contributed by atoms with van der Waals surface area (Å²) in [6.45, 7) is 7.29. The van der Waals surface area contributed by atoms with Crippen molar-refractivity contribution < 1.29 is 14.3 Å². The largest absolute Gasteiger partial charge is 0.497 e. The molecule has 2 aromatic rings. The number of nitrogens with zero attached hydrogens (tertiary/aromatic N) is 2. The van der Waals surface area contributed by atoms with Gasteiger partial charge in [0, 0.05) is 26.2 Å². The van der Waals surface area contributed by atoms with Crippen molar-refractivity contribution in [3.63, 3.8) is 0 Å². The molecule has 0 saturated carbocycles. The first-order valence-corrected chi connectivity index (χ1v) is 8.92. The van der Waals surface area contributed by atoms with Crippen LogP contribution in [-0.4, -0.2) is 49.9 Å². The van der Waals surface area contributed by atoms with Crippen LogP contribution in [0.4, 0.5) is 10.5 Å². The average molecular weight is 372 g/mol. The normalized spacial score (nSPS) is 15.1. The molecule has 0 aromatic heterocycles. The second-order valence-electron chi connectivity index (χ2n) is 7.57. The standard InChI is InChI=1S/C20H24N2O5/c1-20(2,3)27-19(25)22-10-8-21(9-11-22)16-15(17(23)18(16)24)13-6-5-7-14(12-13)26-4/h5-7,12H,8-11H2,1-4H3. The molecule has 1 amide bonds. The number of rotatable bonds is 3. The molecule has 1 saturated heterocycles. The van der Waals surface area contributed by atoms with Crippen molar-refractivity contribution in [1.29, 1.82) is 0 Å². The minimum absolute atomic E-state index is 0.361. The van der Waals surface area contributed by atoms with Crippen molar-refractivity contribution in [2.24, 2.45) is 0 Å². The molecular weight excluding hydrogens is 348 g/mol. The summed E-state index contributed by atoms with van der Waals surface area (Å²) in [4.78, 5) is 40.1. The highest BCUT2D eigenvalue weighted by atomic mass is 16.6. The van der Waals surface area contributed by atoms with Gasteiger partial charge in [0.25, 0.3) is 0 Å². The van der Waals surface area contributed by atoms with E-state index >= 15 is 0 Å². The zero-order valence-electron chi connectivity index (χ0n) is 16.1. The number of amides is 1. The molecule has 0 aliphatic carbocycles. The summed E-state index contributed by atoms with van der Waals surface area (Å²) in [6, 6.07) is 7.11. The van der Waals surface area contributed by atoms with Gasteiger partial charge in [-0.1, -0.05) is 12.1 Å². The Balaban J connectivity index is 1.76. The van der Waals surface area contributed by atoms with E-state index in [1.54, 1.807) is 36.3 Å². The fourth-order valence-electron chi connectivity index (χ4n) is 3.17. The molecule has 0 atom stereocenters. The lowest BCUT2D eigenvalue weighted by Gasteiger charge is -2.37. The van der Waals surface area contributed by atoms with Crippen LogP contribution in [0.1, 0.15) is 20.8 Å². The van der Waals surface area contributed by atoms with E-state index in [2.05, 4.69) is 0 Å². The van der Waals surface area contributed by atoms with Crippen molar-refractivity contribution in [2.75, 3.05) is 38.2 Å². The van der Waals surface area contributed by atoms with Crippen LogP contribution in [0, 0.1) is 0 Å². The molecule has 7 nitrogen and oxygen atoms in total. The first-order valence-electron chi connectivity index (χ1n) is 8.92. The molecule has 0 spiro atoms. The lowest BCUT2D eigenvalue weighted by atomic mass is 9.97. The van der Waals surface area contributed by atoms with Crippen LogP contribution in [0.3, 0.4) is 0 Å². The molecule has 144 valence electrons. The first kappa shape index (κ1) is 18.9. The van der Waals surface area contributed by atoms with Gasteiger partial charge in [-0.2, -0.15) is 0 Å². The van der Waals surface area contributed by atoms with Gasteiger partial charge < -0.3 is 19.3 Å². The van der Waals surface area contributed by atoms with Crippen molar-refractivity contribution in [2.45, 2.75) is 26.4 Å². The van der Waals surface area contributed by atoms with Crippen LogP contribution in [0.2, 0.25) is 0 Å². The minimum Gasteiger partial charge on any atom is -0.497 e. The maximum absolute atomic E-state index is 12.2. The molecule has 0 radical (unpaired) electrons. The van der Waals surface area contributed by atoms with E-state index in [-0.39, 0.29) is 6.09 Å². The lowest BCUT2D eigenvalue weighted by molar-refractivity contribution is 0.0240. The second kappa shape index (κ2) is 7.06. The zero-order valence-corrected chi connectivity index (χ0v) is 16.1. The Labute approximate surface area is 157 Å². The molecule has 0 unspecified atom stereocenters. The summed E-state index contributed by atoms with van der Waals surface area (Å²) < 4.78 is 10.6. The van der Waals surface area contributed by atoms with Crippen molar-refractivity contribution in [1.82, 2.24) is 4.90 Å². The summed E-state index contributed by atoms with van der Waals surface area (Å²) in [5.41, 5.74) is 0.0173. The van der Waals surface area contributed by atoms with Gasteiger partial charge in [0.05, 0.1) is 12.7 Å². The Bertz CT molecular complexity index is 913. The van der Waals surface area contributed by atoms with E-state index < -0.39 is 16.5 Å². The molecule has 1 aliphatic rings. The summed E-state index contributed by atoms with van der Waals surface area (Å²) in [5.74, 6) is 0.626. The van der Waals surface area contributed by atoms with Crippen LogP contribution in [-0.2, 0) is 4.74 Å². The number of hydrogen-bond donors (Lipinski definition) is 0. The highest BCUT2D eigenvalue weighted by Crippen LogP contribution is 2.30. The maximum Gasteiger partial charge on any atom is 0.410 e. The number of piperazine rings is 1. The third-order valence-electron chi connectivity index (χ3n) is 4.49. The Morgan fingerprint density at radius 1 is 1.04 bits per heavy atom. The lowest BCUT2D eigenvalue weighted by Crippen LogP contribution is -2.53. The topological polar surface area (TPSA) is 76.2 Å². The molecule has 27 heavy (non-hydrogen) atoms. The van der Waals surface area contributed by atoms with E-state index in [1.807, 2.05) is 25.7 Å². The average Bonchev–Trinajstić information content (AvgIpc) is 2.64. The number of anilines is 1. The molecule has 1 aliphatic heterocycles. The highest BCUT2D eigenvalue weighted by molar-refractivity contribution is 5.83. The zero-order chi connectivity index (χ0) is 19.8. The predicted octanol–water partition coefficient (Wildman–Crippen LogP) is 2.02.